The van der Waals surface area contributed by atoms with E-state index in [1.807, 2.05) is 13.0 Å². The Morgan fingerprint density at radius 3 is 2.18 bits per heavy atom. The number of likely N-dealkylation sites (N-methyl/N-ethyl adjacent to an activating group) is 1. The fourth-order valence-electron chi connectivity index (χ4n) is 3.34. The molecule has 0 fully saturated rings. The van der Waals surface area contributed by atoms with Gasteiger partial charge in [0.15, 0.2) is 0 Å². The molecule has 11 heteroatoms. The number of aryl methyl sites for hydroxylation is 2. The number of nitrogens with zero attached hydrogens (tertiary/aromatic N) is 3. The number of nitrogens with one attached hydrogen (secondary N) is 1. The summed E-state index contributed by atoms with van der Waals surface area (Å²) >= 11 is 12.6. The number of halogens is 2. The van der Waals surface area contributed by atoms with Gasteiger partial charge in [-0.05, 0) is 50.1 Å². The molecular weight excluding hydrogens is 499 g/mol. The van der Waals surface area contributed by atoms with Crippen molar-refractivity contribution in [3.63, 3.8) is 0 Å². The minimum Gasteiger partial charge on any atom is -0.357 e. The average molecular weight is 529 g/mol. The van der Waals surface area contributed by atoms with E-state index < -0.39 is 34.6 Å². The van der Waals surface area contributed by atoms with Gasteiger partial charge in [0, 0.05) is 43.3 Å². The largest absolute Gasteiger partial charge is 0.357 e. The summed E-state index contributed by atoms with van der Waals surface area (Å²) in [5, 5.41) is 3.20. The Morgan fingerprint density at radius 2 is 1.65 bits per heavy atom. The van der Waals surface area contributed by atoms with E-state index in [9.17, 15) is 18.0 Å². The Morgan fingerprint density at radius 1 is 1.06 bits per heavy atom. The van der Waals surface area contributed by atoms with Crippen LogP contribution in [0.4, 0.5) is 5.69 Å². The molecule has 0 radical (unpaired) electrons. The molecule has 0 bridgehead atoms. The second-order valence-corrected chi connectivity index (χ2v) is 11.0. The van der Waals surface area contributed by atoms with Crippen LogP contribution in [0.3, 0.4) is 0 Å². The summed E-state index contributed by atoms with van der Waals surface area (Å²) < 4.78 is 28.6. The van der Waals surface area contributed by atoms with Crippen molar-refractivity contribution in [2.75, 3.05) is 32.0 Å². The summed E-state index contributed by atoms with van der Waals surface area (Å²) in [5.74, 6) is -0.997. The molecule has 186 valence electrons. The van der Waals surface area contributed by atoms with E-state index in [1.54, 1.807) is 44.2 Å². The van der Waals surface area contributed by atoms with Crippen molar-refractivity contribution in [3.8, 4) is 0 Å². The van der Waals surface area contributed by atoms with Gasteiger partial charge in [-0.15, -0.1) is 0 Å². The normalized spacial score (nSPS) is 12.4. The minimum atomic E-state index is -4.03. The molecule has 0 spiro atoms. The maximum Gasteiger partial charge on any atom is 0.304 e. The summed E-state index contributed by atoms with van der Waals surface area (Å²) in [6.45, 7) is 4.57. The maximum absolute atomic E-state index is 13.6. The third-order valence-electron chi connectivity index (χ3n) is 5.46. The average Bonchev–Trinajstić information content (AvgIpc) is 2.77. The topological polar surface area (TPSA) is 90.0 Å². The molecule has 0 aromatic heterocycles. The van der Waals surface area contributed by atoms with Crippen molar-refractivity contribution < 1.29 is 18.0 Å². The molecule has 0 aliphatic carbocycles. The van der Waals surface area contributed by atoms with Crippen LogP contribution in [0.25, 0.3) is 0 Å². The van der Waals surface area contributed by atoms with Crippen LogP contribution in [-0.2, 0) is 26.3 Å². The van der Waals surface area contributed by atoms with Crippen molar-refractivity contribution in [1.29, 1.82) is 0 Å². The lowest BCUT2D eigenvalue weighted by Gasteiger charge is -2.33. The van der Waals surface area contributed by atoms with Gasteiger partial charge in [0.2, 0.25) is 11.8 Å². The zero-order chi connectivity index (χ0) is 25.8. The first kappa shape index (κ1) is 27.9. The molecule has 0 aliphatic rings. The van der Waals surface area contributed by atoms with Gasteiger partial charge in [-0.3, -0.25) is 9.59 Å². The predicted molar refractivity (Wildman–Crippen MR) is 136 cm³/mol. The Kier molecular flexibility index (Phi) is 9.36. The van der Waals surface area contributed by atoms with E-state index in [1.165, 1.54) is 26.0 Å². The van der Waals surface area contributed by atoms with Crippen LogP contribution < -0.4 is 9.62 Å². The van der Waals surface area contributed by atoms with Crippen molar-refractivity contribution >= 4 is 50.9 Å². The van der Waals surface area contributed by atoms with Crippen molar-refractivity contribution in [2.24, 2.45) is 0 Å². The summed E-state index contributed by atoms with van der Waals surface area (Å²) in [5.41, 5.74) is 2.36. The molecule has 0 unspecified atom stereocenters. The fraction of sp³-hybridized carbons (Fsp3) is 0.391. The number of rotatable bonds is 9. The number of anilines is 1. The number of carbonyl (C=O) groups is 2. The molecule has 0 saturated heterocycles. The van der Waals surface area contributed by atoms with Gasteiger partial charge in [0.05, 0.1) is 5.69 Å². The van der Waals surface area contributed by atoms with E-state index >= 15 is 0 Å². The summed E-state index contributed by atoms with van der Waals surface area (Å²) in [7, 11) is 0.218. The molecule has 0 aliphatic heterocycles. The zero-order valence-corrected chi connectivity index (χ0v) is 22.4. The van der Waals surface area contributed by atoms with Gasteiger partial charge in [-0.1, -0.05) is 41.4 Å². The number of carbonyl (C=O) groups excluding carboxylic acids is 2. The van der Waals surface area contributed by atoms with Gasteiger partial charge in [-0.2, -0.15) is 12.7 Å². The number of amides is 2. The van der Waals surface area contributed by atoms with Gasteiger partial charge in [0.25, 0.3) is 0 Å². The molecule has 1 N–H and O–H groups in total. The number of hydrogen-bond acceptors (Lipinski definition) is 4. The lowest BCUT2D eigenvalue weighted by atomic mass is 10.1. The first-order chi connectivity index (χ1) is 15.8. The van der Waals surface area contributed by atoms with Crippen molar-refractivity contribution in [3.05, 3.63) is 63.1 Å². The molecule has 1 atom stereocenters. The van der Waals surface area contributed by atoms with Crippen LogP contribution in [0.15, 0.2) is 36.4 Å². The van der Waals surface area contributed by atoms with E-state index in [-0.39, 0.29) is 6.54 Å². The predicted octanol–water partition coefficient (Wildman–Crippen LogP) is 3.39. The molecule has 0 saturated carbocycles. The molecule has 8 nitrogen and oxygen atoms in total. The van der Waals surface area contributed by atoms with Gasteiger partial charge >= 0.3 is 10.2 Å². The SMILES string of the molecule is CNC(=O)[C@@H](C)N(Cc1c(Cl)cccc1Cl)C(=O)CN(c1cc(C)ccc1C)S(=O)(=O)N(C)C. The summed E-state index contributed by atoms with van der Waals surface area (Å²) in [6, 6.07) is 9.40. The van der Waals surface area contributed by atoms with Gasteiger partial charge in [0.1, 0.15) is 12.6 Å². The molecule has 2 amide bonds. The fourth-order valence-corrected chi connectivity index (χ4v) is 4.97. The molecule has 2 aromatic rings. The van der Waals surface area contributed by atoms with Gasteiger partial charge in [-0.25, -0.2) is 4.31 Å². The van der Waals surface area contributed by atoms with Crippen molar-refractivity contribution in [1.82, 2.24) is 14.5 Å². The summed E-state index contributed by atoms with van der Waals surface area (Å²) in [6.07, 6.45) is 0. The molecule has 2 rings (SSSR count). The highest BCUT2D eigenvalue weighted by Gasteiger charge is 2.33. The lowest BCUT2D eigenvalue weighted by molar-refractivity contribution is -0.139. The highest BCUT2D eigenvalue weighted by Crippen LogP contribution is 2.28. The standard InChI is InChI=1S/C23H30Cl2N4O4S/c1-15-10-11-16(2)21(12-15)29(34(32,33)27(5)6)14-22(30)28(17(3)23(31)26-4)13-18-19(24)8-7-9-20(18)25/h7-12,17H,13-14H2,1-6H3,(H,26,31)/t17-/m1/s1. The van der Waals surface area contributed by atoms with Crippen LogP contribution in [-0.4, -0.2) is 63.2 Å². The first-order valence-electron chi connectivity index (χ1n) is 10.5. The number of benzene rings is 2. The van der Waals surface area contributed by atoms with Gasteiger partial charge < -0.3 is 10.2 Å². The second-order valence-electron chi connectivity index (χ2n) is 8.10. The van der Waals surface area contributed by atoms with E-state index in [0.29, 0.717) is 26.9 Å². The lowest BCUT2D eigenvalue weighted by Crippen LogP contribution is -2.52. The Bertz CT molecular complexity index is 1150. The highest BCUT2D eigenvalue weighted by molar-refractivity contribution is 7.90. The van der Waals surface area contributed by atoms with Crippen LogP contribution in [0, 0.1) is 13.8 Å². The molecule has 2 aromatic carbocycles. The van der Waals surface area contributed by atoms with Crippen molar-refractivity contribution in [2.45, 2.75) is 33.4 Å². The van der Waals surface area contributed by atoms with E-state index in [0.717, 1.165) is 14.2 Å². The van der Waals surface area contributed by atoms with Crippen LogP contribution in [0.2, 0.25) is 10.0 Å². The zero-order valence-electron chi connectivity index (χ0n) is 20.1. The van der Waals surface area contributed by atoms with Crippen LogP contribution >= 0.6 is 23.2 Å². The monoisotopic (exact) mass is 528 g/mol. The first-order valence-corrected chi connectivity index (χ1v) is 12.7. The van der Waals surface area contributed by atoms with E-state index in [2.05, 4.69) is 5.32 Å². The Balaban J connectivity index is 2.56. The smallest absolute Gasteiger partial charge is 0.304 e. The third-order valence-corrected chi connectivity index (χ3v) is 7.97. The number of hydrogen-bond donors (Lipinski definition) is 1. The van der Waals surface area contributed by atoms with Crippen LogP contribution in [0.1, 0.15) is 23.6 Å². The minimum absolute atomic E-state index is 0.0748. The highest BCUT2D eigenvalue weighted by atomic mass is 35.5. The maximum atomic E-state index is 13.6. The van der Waals surface area contributed by atoms with Crippen LogP contribution in [0.5, 0.6) is 0 Å². The Labute approximate surface area is 211 Å². The second kappa shape index (κ2) is 11.4. The quantitative estimate of drug-likeness (QED) is 0.540. The van der Waals surface area contributed by atoms with E-state index in [4.69, 9.17) is 23.2 Å². The molecule has 34 heavy (non-hydrogen) atoms. The summed E-state index contributed by atoms with van der Waals surface area (Å²) in [4.78, 5) is 27.4. The molecular formula is C23H30Cl2N4O4S. The third kappa shape index (κ3) is 6.21. The molecule has 0 heterocycles. The Hall–Kier alpha value is -2.33.